The van der Waals surface area contributed by atoms with Gasteiger partial charge in [-0.15, -0.1) is 0 Å². The van der Waals surface area contributed by atoms with Crippen LogP contribution in [0.4, 0.5) is 5.69 Å². The lowest BCUT2D eigenvalue weighted by Crippen LogP contribution is -2.47. The highest BCUT2D eigenvalue weighted by Gasteiger charge is 2.22. The van der Waals surface area contributed by atoms with Crippen molar-refractivity contribution < 1.29 is 14.8 Å². The second kappa shape index (κ2) is 10.3. The molecule has 0 aliphatic heterocycles. The van der Waals surface area contributed by atoms with E-state index in [0.29, 0.717) is 22.5 Å². The molecule has 6 N–H and O–H groups in total. The van der Waals surface area contributed by atoms with E-state index in [4.69, 9.17) is 10.9 Å². The molecule has 0 aliphatic rings. The van der Waals surface area contributed by atoms with E-state index in [1.807, 2.05) is 12.1 Å². The summed E-state index contributed by atoms with van der Waals surface area (Å²) >= 11 is 0. The van der Waals surface area contributed by atoms with Gasteiger partial charge in [-0.3, -0.25) is 14.8 Å². The monoisotopic (exact) mass is 413 g/mol. The maximum atomic E-state index is 12.5. The average Bonchev–Trinajstić information content (AvgIpc) is 3.30. The molecule has 0 spiro atoms. The van der Waals surface area contributed by atoms with Crippen molar-refractivity contribution in [3.05, 3.63) is 83.4 Å². The number of nitrogen functional groups attached to an aromatic ring is 1. The molecule has 3 aromatic rings. The van der Waals surface area contributed by atoms with Crippen molar-refractivity contribution in [3.8, 4) is 23.7 Å². The van der Waals surface area contributed by atoms with Crippen molar-refractivity contribution >= 4 is 17.5 Å². The van der Waals surface area contributed by atoms with Gasteiger partial charge < -0.3 is 16.0 Å². The Morgan fingerprint density at radius 2 is 1.65 bits per heavy atom. The Bertz CT molecular complexity index is 1160. The summed E-state index contributed by atoms with van der Waals surface area (Å²) in [6.07, 6.45) is 3.15. The first-order valence-corrected chi connectivity index (χ1v) is 9.25. The Balaban J connectivity index is 1.63. The fourth-order valence-electron chi connectivity index (χ4n) is 2.62. The maximum Gasteiger partial charge on any atom is 0.266 e. The third-order valence-corrected chi connectivity index (χ3v) is 4.24. The summed E-state index contributed by atoms with van der Waals surface area (Å²) in [5.74, 6) is 10.2. The Morgan fingerprint density at radius 1 is 1.03 bits per heavy atom. The quantitative estimate of drug-likeness (QED) is 0.186. The number of rotatable bonds is 5. The van der Waals surface area contributed by atoms with E-state index < -0.39 is 17.9 Å². The van der Waals surface area contributed by atoms with E-state index in [9.17, 15) is 9.59 Å². The van der Waals surface area contributed by atoms with Crippen molar-refractivity contribution in [1.29, 1.82) is 0 Å². The van der Waals surface area contributed by atoms with Crippen LogP contribution in [-0.4, -0.2) is 33.0 Å². The molecular weight excluding hydrogens is 394 g/mol. The summed E-state index contributed by atoms with van der Waals surface area (Å²) in [6.45, 7) is 0. The van der Waals surface area contributed by atoms with Gasteiger partial charge in [-0.25, -0.2) is 10.5 Å². The van der Waals surface area contributed by atoms with Crippen LogP contribution in [0.1, 0.15) is 27.2 Å². The van der Waals surface area contributed by atoms with Crippen LogP contribution in [0.15, 0.2) is 61.1 Å². The number of hydroxylamine groups is 1. The zero-order valence-corrected chi connectivity index (χ0v) is 16.3. The van der Waals surface area contributed by atoms with Crippen LogP contribution in [0.3, 0.4) is 0 Å². The number of benzene rings is 2. The summed E-state index contributed by atoms with van der Waals surface area (Å²) < 4.78 is 0. The molecule has 0 fully saturated rings. The molecule has 8 nitrogen and oxygen atoms in total. The number of nitrogens with zero attached hydrogens (tertiary/aromatic N) is 1. The first-order valence-electron chi connectivity index (χ1n) is 9.25. The number of hydrogen-bond donors (Lipinski definition) is 5. The summed E-state index contributed by atoms with van der Waals surface area (Å²) in [4.78, 5) is 31.1. The number of aromatic amines is 1. The normalized spacial score (nSPS) is 10.6. The van der Waals surface area contributed by atoms with Crippen LogP contribution < -0.4 is 16.5 Å². The summed E-state index contributed by atoms with van der Waals surface area (Å²) in [5, 5.41) is 11.5. The minimum absolute atomic E-state index is 0.147. The van der Waals surface area contributed by atoms with Crippen molar-refractivity contribution in [1.82, 2.24) is 20.8 Å². The zero-order chi connectivity index (χ0) is 22.1. The third-order valence-electron chi connectivity index (χ3n) is 4.24. The molecule has 1 heterocycles. The average molecular weight is 413 g/mol. The summed E-state index contributed by atoms with van der Waals surface area (Å²) in [7, 11) is 0. The number of nitrogens with two attached hydrogens (primary N) is 1. The lowest BCUT2D eigenvalue weighted by atomic mass is 10.1. The molecule has 154 valence electrons. The standard InChI is InChI=1S/C23H19N5O3/c24-19-11-7-17(8-12-19)4-2-1-3-16-5-9-18(10-6-16)22(29)27-21(23(30)28-31)13-20-14-25-15-26-20/h5-12,14-15,21,31H,13,24H2,(H,25,26)(H,27,29)(H,28,30). The molecule has 2 amide bonds. The lowest BCUT2D eigenvalue weighted by Gasteiger charge is -2.16. The predicted molar refractivity (Wildman–Crippen MR) is 115 cm³/mol. The first-order chi connectivity index (χ1) is 15.0. The van der Waals surface area contributed by atoms with Crippen LogP contribution in [0.25, 0.3) is 0 Å². The molecule has 0 aliphatic carbocycles. The molecule has 0 bridgehead atoms. The number of hydrogen-bond acceptors (Lipinski definition) is 5. The molecule has 3 rings (SSSR count). The van der Waals surface area contributed by atoms with E-state index in [1.54, 1.807) is 41.9 Å². The van der Waals surface area contributed by atoms with Gasteiger partial charge in [-0.1, -0.05) is 11.8 Å². The number of carbonyl (C=O) groups excluding carboxylic acids is 2. The van der Waals surface area contributed by atoms with Gasteiger partial charge in [-0.05, 0) is 60.4 Å². The van der Waals surface area contributed by atoms with E-state index in [0.717, 1.165) is 5.56 Å². The van der Waals surface area contributed by atoms with Crippen LogP contribution in [0.5, 0.6) is 0 Å². The SMILES string of the molecule is Nc1ccc(C#CC#Cc2ccc(C(=O)NC(Cc3cnc[nH]3)C(=O)NO)cc2)cc1. The number of imidazole rings is 1. The van der Waals surface area contributed by atoms with E-state index in [1.165, 1.54) is 12.5 Å². The second-order valence-corrected chi connectivity index (χ2v) is 6.48. The van der Waals surface area contributed by atoms with Gasteiger partial charge >= 0.3 is 0 Å². The maximum absolute atomic E-state index is 12.5. The molecule has 31 heavy (non-hydrogen) atoms. The Hall–Kier alpha value is -4.53. The molecule has 0 radical (unpaired) electrons. The molecule has 0 saturated carbocycles. The molecular formula is C23H19N5O3. The zero-order valence-electron chi connectivity index (χ0n) is 16.3. The highest BCUT2D eigenvalue weighted by Crippen LogP contribution is 2.06. The fraction of sp³-hybridized carbons (Fsp3) is 0.0870. The fourth-order valence-corrected chi connectivity index (χ4v) is 2.62. The topological polar surface area (TPSA) is 133 Å². The number of aromatic nitrogens is 2. The molecule has 1 unspecified atom stereocenters. The Kier molecular flexibility index (Phi) is 7.04. The molecule has 0 saturated heterocycles. The van der Waals surface area contributed by atoms with Gasteiger partial charge in [0.1, 0.15) is 6.04 Å². The van der Waals surface area contributed by atoms with E-state index >= 15 is 0 Å². The van der Waals surface area contributed by atoms with Gasteiger partial charge in [0, 0.05) is 40.7 Å². The van der Waals surface area contributed by atoms with Gasteiger partial charge in [0.25, 0.3) is 11.8 Å². The van der Waals surface area contributed by atoms with Crippen molar-refractivity contribution in [3.63, 3.8) is 0 Å². The first kappa shape index (κ1) is 21.2. The number of H-pyrrole nitrogens is 1. The second-order valence-electron chi connectivity index (χ2n) is 6.48. The Labute approximate surface area is 178 Å². The molecule has 1 aromatic heterocycles. The highest BCUT2D eigenvalue weighted by atomic mass is 16.5. The van der Waals surface area contributed by atoms with Crippen molar-refractivity contribution in [2.45, 2.75) is 12.5 Å². The Morgan fingerprint density at radius 3 is 2.19 bits per heavy atom. The summed E-state index contributed by atoms with van der Waals surface area (Å²) in [5.41, 5.74) is 10.3. The van der Waals surface area contributed by atoms with Crippen LogP contribution >= 0.6 is 0 Å². The van der Waals surface area contributed by atoms with Gasteiger partial charge in [0.05, 0.1) is 6.33 Å². The minimum Gasteiger partial charge on any atom is -0.399 e. The largest absolute Gasteiger partial charge is 0.399 e. The predicted octanol–water partition coefficient (Wildman–Crippen LogP) is 1.24. The number of anilines is 1. The van der Waals surface area contributed by atoms with Crippen LogP contribution in [0, 0.1) is 23.7 Å². The molecule has 8 heteroatoms. The number of carbonyl (C=O) groups is 2. The van der Waals surface area contributed by atoms with E-state index in [2.05, 4.69) is 39.0 Å². The molecule has 1 atom stereocenters. The summed E-state index contributed by atoms with van der Waals surface area (Å²) in [6, 6.07) is 12.7. The smallest absolute Gasteiger partial charge is 0.266 e. The number of nitrogens with one attached hydrogen (secondary N) is 3. The minimum atomic E-state index is -0.971. The highest BCUT2D eigenvalue weighted by molar-refractivity contribution is 5.97. The van der Waals surface area contributed by atoms with Crippen molar-refractivity contribution in [2.24, 2.45) is 0 Å². The van der Waals surface area contributed by atoms with Gasteiger partial charge in [0.15, 0.2) is 0 Å². The van der Waals surface area contributed by atoms with Crippen LogP contribution in [-0.2, 0) is 11.2 Å². The van der Waals surface area contributed by atoms with Gasteiger partial charge in [0.2, 0.25) is 0 Å². The third kappa shape index (κ3) is 6.23. The lowest BCUT2D eigenvalue weighted by molar-refractivity contribution is -0.131. The van der Waals surface area contributed by atoms with Gasteiger partial charge in [-0.2, -0.15) is 0 Å². The molecule has 2 aromatic carbocycles. The number of amides is 2. The van der Waals surface area contributed by atoms with Crippen LogP contribution in [0.2, 0.25) is 0 Å². The van der Waals surface area contributed by atoms with Crippen molar-refractivity contribution in [2.75, 3.05) is 5.73 Å². The van der Waals surface area contributed by atoms with E-state index in [-0.39, 0.29) is 6.42 Å².